The molecule has 5 heteroatoms. The van der Waals surface area contributed by atoms with E-state index in [0.29, 0.717) is 24.3 Å². The topological polar surface area (TPSA) is 58.6 Å². The number of benzene rings is 3. The molecule has 0 unspecified atom stereocenters. The Bertz CT molecular complexity index is 1000. The monoisotopic (exact) mass is 386 g/mol. The van der Waals surface area contributed by atoms with Crippen LogP contribution in [-0.4, -0.2) is 18.4 Å². The Morgan fingerprint density at radius 2 is 1.66 bits per heavy atom. The fourth-order valence-corrected chi connectivity index (χ4v) is 3.39. The van der Waals surface area contributed by atoms with Crippen LogP contribution in [0.3, 0.4) is 0 Å². The summed E-state index contributed by atoms with van der Waals surface area (Å²) in [6.45, 7) is 1.06. The molecule has 0 bridgehead atoms. The number of amides is 2. The van der Waals surface area contributed by atoms with Crippen LogP contribution in [0.2, 0.25) is 0 Å². The van der Waals surface area contributed by atoms with E-state index in [2.05, 4.69) is 5.32 Å². The predicted molar refractivity (Wildman–Crippen MR) is 113 cm³/mol. The Morgan fingerprint density at radius 3 is 2.38 bits per heavy atom. The van der Waals surface area contributed by atoms with E-state index in [1.807, 2.05) is 72.8 Å². The number of para-hydroxylation sites is 1. The normalized spacial score (nSPS) is 13.4. The minimum atomic E-state index is -0.192. The van der Waals surface area contributed by atoms with Crippen molar-refractivity contribution < 1.29 is 14.3 Å². The first-order chi connectivity index (χ1) is 14.2. The van der Waals surface area contributed by atoms with Gasteiger partial charge in [0.1, 0.15) is 12.4 Å². The van der Waals surface area contributed by atoms with E-state index < -0.39 is 0 Å². The number of ether oxygens (including phenoxy) is 1. The van der Waals surface area contributed by atoms with E-state index in [1.54, 1.807) is 11.0 Å². The van der Waals surface area contributed by atoms with Crippen LogP contribution in [0.1, 0.15) is 28.8 Å². The number of hydrogen-bond acceptors (Lipinski definition) is 3. The van der Waals surface area contributed by atoms with Crippen LogP contribution in [0.15, 0.2) is 78.9 Å². The van der Waals surface area contributed by atoms with Gasteiger partial charge in [-0.2, -0.15) is 0 Å². The number of nitrogens with one attached hydrogen (secondary N) is 1. The lowest BCUT2D eigenvalue weighted by Crippen LogP contribution is -2.23. The molecule has 4 rings (SSSR count). The molecule has 3 aromatic rings. The maximum Gasteiger partial charge on any atom is 0.256 e. The fraction of sp³-hybridized carbons (Fsp3) is 0.167. The maximum atomic E-state index is 12.8. The highest BCUT2D eigenvalue weighted by Crippen LogP contribution is 2.23. The van der Waals surface area contributed by atoms with Crippen LogP contribution in [0.25, 0.3) is 0 Å². The lowest BCUT2D eigenvalue weighted by Gasteiger charge is -2.16. The Kier molecular flexibility index (Phi) is 5.56. The smallest absolute Gasteiger partial charge is 0.256 e. The standard InChI is InChI=1S/C24H22N2O3/c27-23-11-6-16-26(23)20-14-12-19(13-15-20)25-24(28)22-10-5-4-7-18(22)17-29-21-8-2-1-3-9-21/h1-5,7-10,12-15H,6,11,16-17H2,(H,25,28). The van der Waals surface area contributed by atoms with Crippen molar-refractivity contribution in [3.63, 3.8) is 0 Å². The number of rotatable bonds is 6. The summed E-state index contributed by atoms with van der Waals surface area (Å²) in [5, 5.41) is 2.93. The number of hydrogen-bond donors (Lipinski definition) is 1. The zero-order chi connectivity index (χ0) is 20.1. The summed E-state index contributed by atoms with van der Waals surface area (Å²) in [5.74, 6) is 0.714. The first-order valence-electron chi connectivity index (χ1n) is 9.68. The van der Waals surface area contributed by atoms with E-state index in [4.69, 9.17) is 4.74 Å². The van der Waals surface area contributed by atoms with Gasteiger partial charge in [0.25, 0.3) is 5.91 Å². The molecule has 1 heterocycles. The summed E-state index contributed by atoms with van der Waals surface area (Å²) < 4.78 is 5.80. The maximum absolute atomic E-state index is 12.8. The summed E-state index contributed by atoms with van der Waals surface area (Å²) in [7, 11) is 0. The van der Waals surface area contributed by atoms with Gasteiger partial charge >= 0.3 is 0 Å². The Morgan fingerprint density at radius 1 is 0.931 bits per heavy atom. The summed E-state index contributed by atoms with van der Waals surface area (Å²) >= 11 is 0. The number of nitrogens with zero attached hydrogens (tertiary/aromatic N) is 1. The van der Waals surface area contributed by atoms with Crippen LogP contribution in [0, 0.1) is 0 Å². The van der Waals surface area contributed by atoms with Crippen molar-refractivity contribution in [2.75, 3.05) is 16.8 Å². The minimum absolute atomic E-state index is 0.147. The quantitative estimate of drug-likeness (QED) is 0.671. The summed E-state index contributed by atoms with van der Waals surface area (Å²) in [5.41, 5.74) is 2.93. The molecular formula is C24H22N2O3. The largest absolute Gasteiger partial charge is 0.489 e. The molecule has 0 aromatic heterocycles. The average molecular weight is 386 g/mol. The molecule has 2 amide bonds. The minimum Gasteiger partial charge on any atom is -0.489 e. The van der Waals surface area contributed by atoms with Gasteiger partial charge in [-0.05, 0) is 48.9 Å². The van der Waals surface area contributed by atoms with Gasteiger partial charge in [-0.25, -0.2) is 0 Å². The molecule has 0 atom stereocenters. The highest BCUT2D eigenvalue weighted by atomic mass is 16.5. The molecule has 0 saturated carbocycles. The van der Waals surface area contributed by atoms with E-state index in [9.17, 15) is 9.59 Å². The van der Waals surface area contributed by atoms with Crippen molar-refractivity contribution in [3.05, 3.63) is 90.0 Å². The van der Waals surface area contributed by atoms with E-state index >= 15 is 0 Å². The molecule has 1 aliphatic heterocycles. The van der Waals surface area contributed by atoms with Crippen molar-refractivity contribution in [1.29, 1.82) is 0 Å². The summed E-state index contributed by atoms with van der Waals surface area (Å²) in [4.78, 5) is 26.5. The van der Waals surface area contributed by atoms with Gasteiger partial charge < -0.3 is 15.0 Å². The van der Waals surface area contributed by atoms with E-state index in [1.165, 1.54) is 0 Å². The van der Waals surface area contributed by atoms with Gasteiger partial charge in [0.2, 0.25) is 5.91 Å². The summed E-state index contributed by atoms with van der Waals surface area (Å²) in [6.07, 6.45) is 1.49. The molecule has 1 N–H and O–H groups in total. The van der Waals surface area contributed by atoms with Gasteiger partial charge in [0.05, 0.1) is 0 Å². The number of anilines is 2. The zero-order valence-corrected chi connectivity index (χ0v) is 16.0. The summed E-state index contributed by atoms with van der Waals surface area (Å²) in [6, 6.07) is 24.3. The van der Waals surface area contributed by atoms with Crippen molar-refractivity contribution >= 4 is 23.2 Å². The molecule has 0 aliphatic carbocycles. The van der Waals surface area contributed by atoms with Crippen LogP contribution < -0.4 is 15.0 Å². The highest BCUT2D eigenvalue weighted by Gasteiger charge is 2.21. The molecule has 1 fully saturated rings. The molecule has 0 spiro atoms. The first kappa shape index (κ1) is 18.7. The van der Waals surface area contributed by atoms with Gasteiger partial charge in [-0.15, -0.1) is 0 Å². The Hall–Kier alpha value is -3.60. The Balaban J connectivity index is 1.44. The van der Waals surface area contributed by atoms with Gasteiger partial charge in [-0.3, -0.25) is 9.59 Å². The average Bonchev–Trinajstić information content (AvgIpc) is 3.19. The number of carbonyl (C=O) groups excluding carboxylic acids is 2. The molecule has 0 radical (unpaired) electrons. The molecular weight excluding hydrogens is 364 g/mol. The fourth-order valence-electron chi connectivity index (χ4n) is 3.39. The molecule has 5 nitrogen and oxygen atoms in total. The predicted octanol–water partition coefficient (Wildman–Crippen LogP) is 4.64. The van der Waals surface area contributed by atoms with Gasteiger partial charge in [-0.1, -0.05) is 36.4 Å². The molecule has 146 valence electrons. The number of carbonyl (C=O) groups is 2. The van der Waals surface area contributed by atoms with Crippen LogP contribution in [0.4, 0.5) is 11.4 Å². The van der Waals surface area contributed by atoms with Crippen LogP contribution >= 0.6 is 0 Å². The second-order valence-corrected chi connectivity index (χ2v) is 6.91. The van der Waals surface area contributed by atoms with E-state index in [-0.39, 0.29) is 11.8 Å². The second-order valence-electron chi connectivity index (χ2n) is 6.91. The van der Waals surface area contributed by atoms with Crippen LogP contribution in [-0.2, 0) is 11.4 Å². The second kappa shape index (κ2) is 8.61. The molecule has 29 heavy (non-hydrogen) atoms. The molecule has 1 aliphatic rings. The van der Waals surface area contributed by atoms with Crippen molar-refractivity contribution in [3.8, 4) is 5.75 Å². The lowest BCUT2D eigenvalue weighted by molar-refractivity contribution is -0.117. The third kappa shape index (κ3) is 4.46. The molecule has 3 aromatic carbocycles. The van der Waals surface area contributed by atoms with Gasteiger partial charge in [0, 0.05) is 35.5 Å². The zero-order valence-electron chi connectivity index (χ0n) is 16.0. The highest BCUT2D eigenvalue weighted by molar-refractivity contribution is 6.05. The van der Waals surface area contributed by atoms with Crippen molar-refractivity contribution in [2.45, 2.75) is 19.4 Å². The van der Waals surface area contributed by atoms with E-state index in [0.717, 1.165) is 30.0 Å². The third-order valence-electron chi connectivity index (χ3n) is 4.91. The van der Waals surface area contributed by atoms with Crippen LogP contribution in [0.5, 0.6) is 5.75 Å². The lowest BCUT2D eigenvalue weighted by atomic mass is 10.1. The van der Waals surface area contributed by atoms with Crippen molar-refractivity contribution in [1.82, 2.24) is 0 Å². The van der Waals surface area contributed by atoms with Crippen molar-refractivity contribution in [2.24, 2.45) is 0 Å². The molecule has 1 saturated heterocycles. The Labute approximate surface area is 169 Å². The first-order valence-corrected chi connectivity index (χ1v) is 9.68. The third-order valence-corrected chi connectivity index (χ3v) is 4.91. The van der Waals surface area contributed by atoms with Gasteiger partial charge in [0.15, 0.2) is 0 Å². The SMILES string of the molecule is O=C(Nc1ccc(N2CCCC2=O)cc1)c1ccccc1COc1ccccc1.